The maximum atomic E-state index is 16.1. The molecule has 0 unspecified atom stereocenters. The molecule has 0 saturated carbocycles. The minimum Gasteiger partial charge on any atom is -0.468 e. The van der Waals surface area contributed by atoms with Crippen LogP contribution in [0, 0.1) is 36.4 Å². The molecule has 13 rings (SSSR count). The number of likely N-dealkylation sites (tertiary alicyclic amines) is 5. The van der Waals surface area contributed by atoms with Crippen LogP contribution in [0.5, 0.6) is 0 Å². The van der Waals surface area contributed by atoms with Crippen molar-refractivity contribution in [3.05, 3.63) is 89.8 Å². The number of benzene rings is 3. The zero-order valence-corrected chi connectivity index (χ0v) is 58.5. The molecule has 1 atom stereocenters. The summed E-state index contributed by atoms with van der Waals surface area (Å²) in [4.78, 5) is 142. The van der Waals surface area contributed by atoms with Crippen molar-refractivity contribution in [2.75, 3.05) is 136 Å². The smallest absolute Gasteiger partial charge is 0.325 e. The topological polar surface area (TPSA) is 312 Å². The summed E-state index contributed by atoms with van der Waals surface area (Å²) >= 11 is 0. The van der Waals surface area contributed by atoms with Crippen molar-refractivity contribution in [2.45, 2.75) is 109 Å². The van der Waals surface area contributed by atoms with E-state index in [1.54, 1.807) is 36.4 Å². The minimum atomic E-state index is -0.688. The Bertz CT molecular complexity index is 4120. The van der Waals surface area contributed by atoms with E-state index in [4.69, 9.17) is 10.7 Å². The van der Waals surface area contributed by atoms with Crippen LogP contribution in [-0.4, -0.2) is 249 Å². The number of nitrogens with zero attached hydrogens (tertiary/aromatic N) is 14. The Morgan fingerprint density at radius 1 is 0.647 bits per heavy atom. The fourth-order valence-corrected chi connectivity index (χ4v) is 16.2. The highest BCUT2D eigenvalue weighted by Crippen LogP contribution is 2.38. The van der Waals surface area contributed by atoms with Gasteiger partial charge in [0.15, 0.2) is 11.5 Å². The van der Waals surface area contributed by atoms with Gasteiger partial charge in [-0.25, -0.2) is 19.2 Å². The molecule has 9 amide bonds. The highest BCUT2D eigenvalue weighted by atomic mass is 19.1. The van der Waals surface area contributed by atoms with E-state index < -0.39 is 29.5 Å². The Balaban J connectivity index is 0.505. The second kappa shape index (κ2) is 31.2. The Kier molecular flexibility index (Phi) is 21.6. The summed E-state index contributed by atoms with van der Waals surface area (Å²) in [6.07, 6.45) is 12.1. The van der Waals surface area contributed by atoms with Gasteiger partial charge in [-0.3, -0.25) is 52.6 Å². The molecule has 102 heavy (non-hydrogen) atoms. The van der Waals surface area contributed by atoms with E-state index in [1.807, 2.05) is 60.5 Å². The number of fused-ring (bicyclic) bond motifs is 2. The van der Waals surface area contributed by atoms with E-state index in [9.17, 15) is 43.2 Å². The van der Waals surface area contributed by atoms with Crippen molar-refractivity contribution in [3.8, 4) is 11.1 Å². The normalized spacial score (nSPS) is 19.6. The Labute approximate surface area is 591 Å². The lowest BCUT2D eigenvalue weighted by Gasteiger charge is -2.40. The number of carbonyl (C=O) groups excluding carboxylic acids is 9. The molecule has 7 aliphatic rings. The quantitative estimate of drug-likeness (QED) is 0.0752. The van der Waals surface area contributed by atoms with E-state index >= 15 is 4.39 Å². The first kappa shape index (κ1) is 70.6. The maximum Gasteiger partial charge on any atom is 0.325 e. The molecule has 7 fully saturated rings. The van der Waals surface area contributed by atoms with Gasteiger partial charge in [0.1, 0.15) is 24.7 Å². The number of hydrogen-bond donors (Lipinski definition) is 4. The van der Waals surface area contributed by atoms with Crippen molar-refractivity contribution >= 4 is 92.5 Å². The summed E-state index contributed by atoms with van der Waals surface area (Å²) < 4.78 is 24.0. The van der Waals surface area contributed by atoms with Crippen LogP contribution in [-0.2, 0) is 51.4 Å². The number of carbonyl (C=O) groups is 9. The fourth-order valence-electron chi connectivity index (χ4n) is 16.2. The third kappa shape index (κ3) is 15.8. The third-order valence-electron chi connectivity index (χ3n) is 22.2. The van der Waals surface area contributed by atoms with Crippen LogP contribution in [0.25, 0.3) is 32.9 Å². The van der Waals surface area contributed by atoms with Gasteiger partial charge in [-0.2, -0.15) is 10.2 Å². The van der Waals surface area contributed by atoms with Gasteiger partial charge in [0.05, 0.1) is 55.4 Å². The van der Waals surface area contributed by atoms with Gasteiger partial charge in [-0.1, -0.05) is 24.3 Å². The summed E-state index contributed by atoms with van der Waals surface area (Å²) in [5.74, 6) is -1.28. The monoisotopic (exact) mass is 1400 g/mol. The van der Waals surface area contributed by atoms with Crippen molar-refractivity contribution in [3.63, 3.8) is 0 Å². The zero-order chi connectivity index (χ0) is 71.3. The number of ether oxygens (including phenoxy) is 1. The standard InChI is InChI=1S/C73H93FN18O10/c1-46-66-56(7-4-8-59(66)92(82-46)44-63(94)76-40-62(93)77-41-65(96)102-3)57-37-60-53(36-58(57)74)38-79-91(60)42-47-13-24-84(25-14-47)45-64(95)85-26-17-50(18-27-85)70(98)87-30-21-52(22-31-87)72(100)88-32-19-51(20-33-88)71(99)86-28-15-49(16-29-86)48-9-11-54(12-10-48)80-69-67(68(75)97)78-39-61(81-69)89-23-5-6-55(43-89)90-35-34-83(2)73(90)101/h4,7-12,36-39,47,49-52,55H,5-6,13-35,40-45H2,1-3H3,(H2,75,97)(H,76,94)(H,77,93)(H,80,81)/t55-/m1/s1. The third-order valence-corrected chi connectivity index (χ3v) is 22.2. The van der Waals surface area contributed by atoms with Crippen molar-refractivity contribution in [1.82, 2.24) is 74.5 Å². The van der Waals surface area contributed by atoms with Crippen molar-refractivity contribution in [1.29, 1.82) is 0 Å². The van der Waals surface area contributed by atoms with Crippen LogP contribution < -0.4 is 26.6 Å². The number of amides is 9. The second-order valence-electron chi connectivity index (χ2n) is 28.6. The number of hydrogen-bond acceptors (Lipinski definition) is 17. The molecule has 10 heterocycles. The number of piperidine rings is 6. The summed E-state index contributed by atoms with van der Waals surface area (Å²) in [5, 5.41) is 18.8. The number of methoxy groups -OCH3 is 1. The number of halogens is 1. The van der Waals surface area contributed by atoms with Gasteiger partial charge >= 0.3 is 12.0 Å². The van der Waals surface area contributed by atoms with E-state index in [1.165, 1.54) is 23.4 Å². The molecule has 0 bridgehead atoms. The van der Waals surface area contributed by atoms with Crippen molar-refractivity contribution in [2.24, 2.45) is 29.4 Å². The average molecular weight is 1400 g/mol. The van der Waals surface area contributed by atoms with E-state index in [0.29, 0.717) is 163 Å². The number of primary amides is 1. The number of esters is 1. The van der Waals surface area contributed by atoms with Gasteiger partial charge in [-0.15, -0.1) is 0 Å². The number of anilines is 3. The number of rotatable bonds is 20. The van der Waals surface area contributed by atoms with E-state index in [2.05, 4.69) is 57.8 Å². The number of nitrogens with two attached hydrogens (primary N) is 1. The SMILES string of the molecule is COC(=O)CNC(=O)CNC(=O)Cn1nc(C)c2c(-c3cc4c(cnn4CC4CCN(CC(=O)N5CCC(C(=O)N6CCC(C(=O)N7CCC(C(=O)N8CCC(c9ccc(Nc%10nc(N%11CCC[C@@H](N%12CCN(C)C%12=O)C%11)cnc%10C(N)=O)cc9)CC8)CC7)CC6)CC5)CC4)cc3F)cccc21. The maximum absolute atomic E-state index is 16.1. The Morgan fingerprint density at radius 2 is 1.27 bits per heavy atom. The van der Waals surface area contributed by atoms with Crippen LogP contribution in [0.3, 0.4) is 0 Å². The molecular weight excluding hydrogens is 1310 g/mol. The lowest BCUT2D eigenvalue weighted by atomic mass is 9.87. The molecule has 0 radical (unpaired) electrons. The summed E-state index contributed by atoms with van der Waals surface area (Å²) in [7, 11) is 3.03. The number of aromatic nitrogens is 6. The van der Waals surface area contributed by atoms with Crippen LogP contribution in [0.4, 0.5) is 26.5 Å². The van der Waals surface area contributed by atoms with Crippen LogP contribution >= 0.6 is 0 Å². The molecule has 28 nitrogen and oxygen atoms in total. The summed E-state index contributed by atoms with van der Waals surface area (Å²) in [6.45, 7) is 10.7. The minimum absolute atomic E-state index is 0.0427. The number of likely N-dealkylation sites (N-methyl/N-ethyl adjacent to an activating group) is 1. The van der Waals surface area contributed by atoms with Gasteiger partial charge in [0.25, 0.3) is 5.91 Å². The van der Waals surface area contributed by atoms with Crippen LogP contribution in [0.2, 0.25) is 0 Å². The number of nitrogens with one attached hydrogen (secondary N) is 3. The van der Waals surface area contributed by atoms with Gasteiger partial charge in [0, 0.05) is 132 Å². The Morgan fingerprint density at radius 3 is 1.89 bits per heavy atom. The summed E-state index contributed by atoms with van der Waals surface area (Å²) in [5.41, 5.74) is 10.7. The van der Waals surface area contributed by atoms with E-state index in [0.717, 1.165) is 69.4 Å². The van der Waals surface area contributed by atoms with Gasteiger partial charge in [-0.05, 0) is 150 Å². The fraction of sp³-hybridized carbons (Fsp3) is 0.548. The van der Waals surface area contributed by atoms with E-state index in [-0.39, 0.29) is 96.4 Å². The molecule has 542 valence electrons. The molecule has 5 N–H and O–H groups in total. The number of urea groups is 1. The average Bonchev–Trinajstić information content (AvgIpc) is 1.58. The van der Waals surface area contributed by atoms with Crippen LogP contribution in [0.1, 0.15) is 105 Å². The lowest BCUT2D eigenvalue weighted by molar-refractivity contribution is -0.146. The van der Waals surface area contributed by atoms with Crippen LogP contribution in [0.15, 0.2) is 67.0 Å². The highest BCUT2D eigenvalue weighted by molar-refractivity contribution is 6.00. The van der Waals surface area contributed by atoms with Gasteiger partial charge < -0.3 is 60.7 Å². The van der Waals surface area contributed by atoms with Crippen molar-refractivity contribution < 1.29 is 52.3 Å². The first-order chi connectivity index (χ1) is 49.3. The largest absolute Gasteiger partial charge is 0.468 e. The first-order valence-corrected chi connectivity index (χ1v) is 36.2. The number of aryl methyl sites for hydroxylation is 1. The molecule has 29 heteroatoms. The molecule has 0 aliphatic carbocycles. The molecular formula is C73H93FN18O10. The molecule has 0 spiro atoms. The molecule has 3 aromatic heterocycles. The van der Waals surface area contributed by atoms with Gasteiger partial charge in [0.2, 0.25) is 35.4 Å². The first-order valence-electron chi connectivity index (χ1n) is 36.2. The predicted molar refractivity (Wildman–Crippen MR) is 377 cm³/mol. The molecule has 3 aromatic carbocycles. The highest BCUT2D eigenvalue weighted by Gasteiger charge is 2.39. The molecule has 7 aliphatic heterocycles. The zero-order valence-electron chi connectivity index (χ0n) is 58.5. The second-order valence-corrected chi connectivity index (χ2v) is 28.6. The lowest BCUT2D eigenvalue weighted by Crippen LogP contribution is -2.51. The summed E-state index contributed by atoms with van der Waals surface area (Å²) in [6, 6.07) is 16.9. The molecule has 7 saturated heterocycles. The predicted octanol–water partition coefficient (Wildman–Crippen LogP) is 4.71. The Hall–Kier alpha value is -9.80. The molecule has 6 aromatic rings.